The summed E-state index contributed by atoms with van der Waals surface area (Å²) in [4.78, 5) is 0. The van der Waals surface area contributed by atoms with Gasteiger partial charge in [0.15, 0.2) is 0 Å². The van der Waals surface area contributed by atoms with Gasteiger partial charge in [0.2, 0.25) is 0 Å². The van der Waals surface area contributed by atoms with Crippen LogP contribution < -0.4 is 4.74 Å². The summed E-state index contributed by atoms with van der Waals surface area (Å²) in [5, 5.41) is 9.59. The van der Waals surface area contributed by atoms with Gasteiger partial charge in [-0.25, -0.2) is 0 Å². The molecule has 1 aliphatic rings. The van der Waals surface area contributed by atoms with Gasteiger partial charge in [0, 0.05) is 12.7 Å². The first kappa shape index (κ1) is 15.3. The topological polar surface area (TPSA) is 47.9 Å². The minimum atomic E-state index is -0.519. The van der Waals surface area contributed by atoms with Gasteiger partial charge < -0.3 is 19.3 Å². The number of methoxy groups -OCH3 is 1. The number of rotatable bonds is 4. The molecule has 0 saturated carbocycles. The Balaban J connectivity index is 2.32. The number of aryl methyl sites for hydroxylation is 1. The van der Waals surface area contributed by atoms with Crippen LogP contribution in [0.3, 0.4) is 0 Å². The molecule has 0 radical (unpaired) electrons. The average Bonchev–Trinajstić information content (AvgIpc) is 2.41. The normalized spacial score (nSPS) is 26.3. The van der Waals surface area contributed by atoms with Crippen LogP contribution in [0.2, 0.25) is 0 Å². The number of fused-ring (bicyclic) bond motifs is 1. The summed E-state index contributed by atoms with van der Waals surface area (Å²) in [6.07, 6.45) is 2.63. The Hall–Kier alpha value is -1.10. The molecule has 4 heteroatoms. The fourth-order valence-electron chi connectivity index (χ4n) is 2.56. The van der Waals surface area contributed by atoms with E-state index in [1.54, 1.807) is 7.11 Å². The Bertz CT molecular complexity index is 446. The molecule has 1 N–H and O–H groups in total. The third-order valence-electron chi connectivity index (χ3n) is 3.77. The van der Waals surface area contributed by atoms with E-state index in [0.717, 1.165) is 36.1 Å². The predicted octanol–water partition coefficient (Wildman–Crippen LogP) is 2.97. The maximum absolute atomic E-state index is 9.59. The van der Waals surface area contributed by atoms with Crippen LogP contribution >= 0.6 is 0 Å². The van der Waals surface area contributed by atoms with Crippen molar-refractivity contribution in [1.82, 2.24) is 0 Å². The zero-order valence-corrected chi connectivity index (χ0v) is 12.5. The number of aliphatic hydroxyl groups is 1. The molecular weight excluding hydrogens is 256 g/mol. The summed E-state index contributed by atoms with van der Waals surface area (Å²) in [7, 11) is 1.62. The molecule has 0 saturated heterocycles. The zero-order chi connectivity index (χ0) is 14.6. The van der Waals surface area contributed by atoms with E-state index in [9.17, 15) is 5.11 Å². The van der Waals surface area contributed by atoms with Crippen LogP contribution in [0.25, 0.3) is 0 Å². The highest BCUT2D eigenvalue weighted by molar-refractivity contribution is 5.39. The van der Waals surface area contributed by atoms with Crippen molar-refractivity contribution in [3.63, 3.8) is 0 Å². The van der Waals surface area contributed by atoms with Crippen molar-refractivity contribution in [1.29, 1.82) is 0 Å². The molecule has 1 aromatic carbocycles. The van der Waals surface area contributed by atoms with Crippen LogP contribution in [-0.2, 0) is 9.47 Å². The van der Waals surface area contributed by atoms with Crippen molar-refractivity contribution in [3.8, 4) is 5.75 Å². The minimum absolute atomic E-state index is 0.0178. The Morgan fingerprint density at radius 3 is 2.95 bits per heavy atom. The van der Waals surface area contributed by atoms with E-state index in [2.05, 4.69) is 6.07 Å². The van der Waals surface area contributed by atoms with Gasteiger partial charge in [-0.2, -0.15) is 0 Å². The minimum Gasteiger partial charge on any atom is -0.485 e. The molecule has 4 nitrogen and oxygen atoms in total. The monoisotopic (exact) mass is 280 g/mol. The third kappa shape index (κ3) is 3.51. The van der Waals surface area contributed by atoms with E-state index in [0.29, 0.717) is 0 Å². The van der Waals surface area contributed by atoms with E-state index >= 15 is 0 Å². The van der Waals surface area contributed by atoms with Gasteiger partial charge in [0.25, 0.3) is 0 Å². The molecule has 1 aromatic rings. The van der Waals surface area contributed by atoms with E-state index in [1.807, 2.05) is 26.0 Å². The highest BCUT2D eigenvalue weighted by Crippen LogP contribution is 2.38. The molecule has 112 valence electrons. The molecule has 1 heterocycles. The van der Waals surface area contributed by atoms with Crippen molar-refractivity contribution in [2.75, 3.05) is 20.5 Å². The third-order valence-corrected chi connectivity index (χ3v) is 3.77. The second-order valence-electron chi connectivity index (χ2n) is 5.71. The van der Waals surface area contributed by atoms with E-state index in [1.165, 1.54) is 0 Å². The second kappa shape index (κ2) is 6.57. The smallest absolute Gasteiger partial charge is 0.147 e. The summed E-state index contributed by atoms with van der Waals surface area (Å²) in [6, 6.07) is 6.12. The standard InChI is InChI=1S/C16H24O4/c1-12-6-7-13-14(19-11-18-3)5-4-8-16(2,10-17)20-15(13)9-12/h6-7,9,14,17H,4-5,8,10-11H2,1-3H3. The highest BCUT2D eigenvalue weighted by Gasteiger charge is 2.31. The molecule has 0 spiro atoms. The van der Waals surface area contributed by atoms with Crippen molar-refractivity contribution in [2.45, 2.75) is 44.8 Å². The van der Waals surface area contributed by atoms with Crippen LogP contribution in [0.5, 0.6) is 5.75 Å². The number of hydrogen-bond donors (Lipinski definition) is 1. The lowest BCUT2D eigenvalue weighted by atomic mass is 9.93. The van der Waals surface area contributed by atoms with Gasteiger partial charge in [-0.1, -0.05) is 12.1 Å². The van der Waals surface area contributed by atoms with Crippen LogP contribution in [0.4, 0.5) is 0 Å². The van der Waals surface area contributed by atoms with Crippen molar-refractivity contribution in [3.05, 3.63) is 29.3 Å². The molecule has 2 atom stereocenters. The fourth-order valence-corrected chi connectivity index (χ4v) is 2.56. The number of ether oxygens (including phenoxy) is 3. The zero-order valence-electron chi connectivity index (χ0n) is 12.5. The second-order valence-corrected chi connectivity index (χ2v) is 5.71. The molecule has 0 aliphatic carbocycles. The van der Waals surface area contributed by atoms with E-state index in [4.69, 9.17) is 14.2 Å². The van der Waals surface area contributed by atoms with Crippen LogP contribution in [0.1, 0.15) is 43.4 Å². The lowest BCUT2D eigenvalue weighted by Gasteiger charge is -2.34. The van der Waals surface area contributed by atoms with Gasteiger partial charge in [-0.3, -0.25) is 0 Å². The quantitative estimate of drug-likeness (QED) is 0.861. The molecular formula is C16H24O4. The van der Waals surface area contributed by atoms with Crippen molar-refractivity contribution >= 4 is 0 Å². The SMILES string of the molecule is COCOC1CCCC(C)(CO)Oc2cc(C)ccc21. The van der Waals surface area contributed by atoms with Crippen LogP contribution in [-0.4, -0.2) is 31.2 Å². The molecule has 0 aromatic heterocycles. The molecule has 2 rings (SSSR count). The number of benzene rings is 1. The lowest BCUT2D eigenvalue weighted by molar-refractivity contribution is -0.0836. The Morgan fingerprint density at radius 2 is 2.25 bits per heavy atom. The lowest BCUT2D eigenvalue weighted by Crippen LogP contribution is -2.38. The van der Waals surface area contributed by atoms with E-state index in [-0.39, 0.29) is 19.5 Å². The molecule has 0 amide bonds. The average molecular weight is 280 g/mol. The van der Waals surface area contributed by atoms with Gasteiger partial charge in [0.05, 0.1) is 12.7 Å². The Labute approximate surface area is 120 Å². The number of hydrogen-bond acceptors (Lipinski definition) is 4. The summed E-state index contributed by atoms with van der Waals surface area (Å²) >= 11 is 0. The van der Waals surface area contributed by atoms with Gasteiger partial charge >= 0.3 is 0 Å². The molecule has 1 aliphatic heterocycles. The maximum Gasteiger partial charge on any atom is 0.147 e. The fraction of sp³-hybridized carbons (Fsp3) is 0.625. The largest absolute Gasteiger partial charge is 0.485 e. The molecule has 20 heavy (non-hydrogen) atoms. The maximum atomic E-state index is 9.59. The molecule has 0 bridgehead atoms. The first-order chi connectivity index (χ1) is 9.58. The summed E-state index contributed by atoms with van der Waals surface area (Å²) in [5.41, 5.74) is 1.65. The first-order valence-electron chi connectivity index (χ1n) is 7.09. The predicted molar refractivity (Wildman–Crippen MR) is 76.9 cm³/mol. The van der Waals surface area contributed by atoms with Crippen molar-refractivity contribution < 1.29 is 19.3 Å². The summed E-state index contributed by atoms with van der Waals surface area (Å²) in [6.45, 7) is 4.28. The van der Waals surface area contributed by atoms with E-state index < -0.39 is 5.60 Å². The van der Waals surface area contributed by atoms with Crippen LogP contribution in [0, 0.1) is 6.92 Å². The van der Waals surface area contributed by atoms with Gasteiger partial charge in [-0.05, 0) is 44.7 Å². The van der Waals surface area contributed by atoms with Crippen LogP contribution in [0.15, 0.2) is 18.2 Å². The highest BCUT2D eigenvalue weighted by atomic mass is 16.7. The summed E-state index contributed by atoms with van der Waals surface area (Å²) < 4.78 is 16.9. The molecule has 0 fully saturated rings. The van der Waals surface area contributed by atoms with Gasteiger partial charge in [-0.15, -0.1) is 0 Å². The Morgan fingerprint density at radius 1 is 1.45 bits per heavy atom. The summed E-state index contributed by atoms with van der Waals surface area (Å²) in [5.74, 6) is 0.808. The van der Waals surface area contributed by atoms with Gasteiger partial charge in [0.1, 0.15) is 18.1 Å². The van der Waals surface area contributed by atoms with Crippen molar-refractivity contribution in [2.24, 2.45) is 0 Å². The number of aliphatic hydroxyl groups excluding tert-OH is 1. The first-order valence-corrected chi connectivity index (χ1v) is 7.09. The Kier molecular flexibility index (Phi) is 5.02. The molecule has 2 unspecified atom stereocenters.